The third kappa shape index (κ3) is 4.89. The molecule has 164 valence electrons. The van der Waals surface area contributed by atoms with E-state index < -0.39 is 0 Å². The van der Waals surface area contributed by atoms with E-state index in [1.54, 1.807) is 11.7 Å². The molecule has 4 aromatic rings. The van der Waals surface area contributed by atoms with E-state index in [1.807, 2.05) is 36.3 Å². The molecule has 0 N–H and O–H groups in total. The van der Waals surface area contributed by atoms with E-state index in [0.29, 0.717) is 19.6 Å². The van der Waals surface area contributed by atoms with Crippen molar-refractivity contribution in [3.63, 3.8) is 0 Å². The van der Waals surface area contributed by atoms with Gasteiger partial charge in [0.15, 0.2) is 0 Å². The molecule has 4 rings (SSSR count). The molecule has 0 fully saturated rings. The molecule has 0 unspecified atom stereocenters. The summed E-state index contributed by atoms with van der Waals surface area (Å²) in [6, 6.07) is 16.6. The third-order valence-corrected chi connectivity index (χ3v) is 5.65. The van der Waals surface area contributed by atoms with E-state index in [4.69, 9.17) is 4.74 Å². The molecule has 0 atom stereocenters. The molecule has 0 aliphatic carbocycles. The van der Waals surface area contributed by atoms with Crippen molar-refractivity contribution >= 4 is 0 Å². The first-order chi connectivity index (χ1) is 15.4. The number of aromatic nitrogens is 3. The van der Waals surface area contributed by atoms with Crippen LogP contribution in [0.15, 0.2) is 72.0 Å². The standard InChI is InChI=1S/C27H29N3O2/c1-19-5-7-22(8-6-19)15-29-16-24(17-32-4)13-25(27(29)31)12-23-9-10-26(20(2)11-23)30-14-21(3)28-18-30/h5-11,13-14,16,18H,12,15,17H2,1-4H3. The number of aryl methyl sites for hydroxylation is 3. The van der Waals surface area contributed by atoms with Crippen molar-refractivity contribution in [3.8, 4) is 5.69 Å². The Kier molecular flexibility index (Phi) is 6.37. The summed E-state index contributed by atoms with van der Waals surface area (Å²) in [7, 11) is 1.68. The molecule has 32 heavy (non-hydrogen) atoms. The predicted molar refractivity (Wildman–Crippen MR) is 128 cm³/mol. The van der Waals surface area contributed by atoms with Crippen molar-refractivity contribution in [1.82, 2.24) is 14.1 Å². The molecule has 0 bridgehead atoms. The molecule has 5 nitrogen and oxygen atoms in total. The van der Waals surface area contributed by atoms with Crippen LogP contribution < -0.4 is 5.56 Å². The van der Waals surface area contributed by atoms with Crippen LogP contribution in [-0.2, 0) is 24.3 Å². The first-order valence-corrected chi connectivity index (χ1v) is 10.8. The Labute approximate surface area is 189 Å². The van der Waals surface area contributed by atoms with Gasteiger partial charge in [-0.3, -0.25) is 4.79 Å². The van der Waals surface area contributed by atoms with Gasteiger partial charge in [0.2, 0.25) is 0 Å². The second-order valence-electron chi connectivity index (χ2n) is 8.45. The minimum atomic E-state index is 0.0393. The molecule has 2 aromatic carbocycles. The number of hydrogen-bond donors (Lipinski definition) is 0. The van der Waals surface area contributed by atoms with Gasteiger partial charge in [-0.1, -0.05) is 42.0 Å². The van der Waals surface area contributed by atoms with Crippen LogP contribution in [0.25, 0.3) is 5.69 Å². The summed E-state index contributed by atoms with van der Waals surface area (Å²) in [4.78, 5) is 17.6. The van der Waals surface area contributed by atoms with Crippen molar-refractivity contribution in [1.29, 1.82) is 0 Å². The van der Waals surface area contributed by atoms with Gasteiger partial charge in [0.1, 0.15) is 0 Å². The minimum Gasteiger partial charge on any atom is -0.380 e. The molecule has 0 radical (unpaired) electrons. The Morgan fingerprint density at radius 3 is 2.31 bits per heavy atom. The van der Waals surface area contributed by atoms with Crippen LogP contribution in [0, 0.1) is 20.8 Å². The lowest BCUT2D eigenvalue weighted by molar-refractivity contribution is 0.184. The van der Waals surface area contributed by atoms with Crippen LogP contribution in [-0.4, -0.2) is 21.2 Å². The van der Waals surface area contributed by atoms with E-state index >= 15 is 0 Å². The fraction of sp³-hybridized carbons (Fsp3) is 0.259. The number of methoxy groups -OCH3 is 1. The van der Waals surface area contributed by atoms with Gasteiger partial charge in [-0.25, -0.2) is 4.98 Å². The van der Waals surface area contributed by atoms with Crippen LogP contribution in [0.1, 0.15) is 39.1 Å². The number of nitrogens with zero attached hydrogens (tertiary/aromatic N) is 3. The topological polar surface area (TPSA) is 49.1 Å². The fourth-order valence-electron chi connectivity index (χ4n) is 4.04. The average molecular weight is 428 g/mol. The molecule has 2 aromatic heterocycles. The molecule has 0 saturated carbocycles. The van der Waals surface area contributed by atoms with Gasteiger partial charge in [-0.05, 0) is 55.2 Å². The maximum atomic E-state index is 13.3. The number of benzene rings is 2. The van der Waals surface area contributed by atoms with E-state index in [0.717, 1.165) is 39.2 Å². The Morgan fingerprint density at radius 1 is 0.906 bits per heavy atom. The zero-order valence-electron chi connectivity index (χ0n) is 19.1. The summed E-state index contributed by atoms with van der Waals surface area (Å²) in [5, 5.41) is 0. The van der Waals surface area contributed by atoms with Crippen LogP contribution in [0.4, 0.5) is 0 Å². The second-order valence-corrected chi connectivity index (χ2v) is 8.45. The SMILES string of the molecule is COCc1cc(Cc2ccc(-n3cnc(C)c3)c(C)c2)c(=O)n(Cc2ccc(C)cc2)c1. The molecule has 0 saturated heterocycles. The number of rotatable bonds is 7. The molecule has 0 amide bonds. The van der Waals surface area contributed by atoms with Crippen molar-refractivity contribution in [2.75, 3.05) is 7.11 Å². The summed E-state index contributed by atoms with van der Waals surface area (Å²) in [6.45, 7) is 7.15. The van der Waals surface area contributed by atoms with Gasteiger partial charge in [-0.2, -0.15) is 0 Å². The molecular formula is C27H29N3O2. The Morgan fingerprint density at radius 2 is 1.66 bits per heavy atom. The number of ether oxygens (including phenoxy) is 1. The summed E-state index contributed by atoms with van der Waals surface area (Å²) in [5.41, 5.74) is 8.46. The summed E-state index contributed by atoms with van der Waals surface area (Å²) >= 11 is 0. The first-order valence-electron chi connectivity index (χ1n) is 10.8. The van der Waals surface area contributed by atoms with E-state index in [1.165, 1.54) is 5.56 Å². The van der Waals surface area contributed by atoms with Gasteiger partial charge < -0.3 is 13.9 Å². The maximum absolute atomic E-state index is 13.3. The lowest BCUT2D eigenvalue weighted by atomic mass is 10.0. The quantitative estimate of drug-likeness (QED) is 0.428. The van der Waals surface area contributed by atoms with Gasteiger partial charge in [0.05, 0.1) is 25.2 Å². The highest BCUT2D eigenvalue weighted by molar-refractivity contribution is 5.44. The molecule has 0 spiro atoms. The van der Waals surface area contributed by atoms with Crippen molar-refractivity contribution in [2.24, 2.45) is 0 Å². The van der Waals surface area contributed by atoms with Crippen LogP contribution in [0.2, 0.25) is 0 Å². The zero-order valence-corrected chi connectivity index (χ0v) is 19.1. The Balaban J connectivity index is 1.65. The van der Waals surface area contributed by atoms with E-state index in [2.05, 4.69) is 61.3 Å². The summed E-state index contributed by atoms with van der Waals surface area (Å²) in [6.07, 6.45) is 6.33. The third-order valence-electron chi connectivity index (χ3n) is 5.65. The van der Waals surface area contributed by atoms with E-state index in [-0.39, 0.29) is 5.56 Å². The highest BCUT2D eigenvalue weighted by atomic mass is 16.5. The minimum absolute atomic E-state index is 0.0393. The highest BCUT2D eigenvalue weighted by Gasteiger charge is 2.11. The number of hydrogen-bond acceptors (Lipinski definition) is 3. The van der Waals surface area contributed by atoms with Crippen LogP contribution in [0.3, 0.4) is 0 Å². The molecule has 0 aliphatic rings. The molecule has 5 heteroatoms. The first kappa shape index (κ1) is 21.8. The maximum Gasteiger partial charge on any atom is 0.254 e. The Bertz CT molecular complexity index is 1280. The van der Waals surface area contributed by atoms with E-state index in [9.17, 15) is 4.79 Å². The molecular weight excluding hydrogens is 398 g/mol. The summed E-state index contributed by atoms with van der Waals surface area (Å²) in [5.74, 6) is 0. The Hall–Kier alpha value is -3.44. The number of imidazole rings is 1. The fourth-order valence-corrected chi connectivity index (χ4v) is 4.04. The summed E-state index contributed by atoms with van der Waals surface area (Å²) < 4.78 is 9.18. The van der Waals surface area contributed by atoms with Crippen LogP contribution >= 0.6 is 0 Å². The second kappa shape index (κ2) is 9.37. The smallest absolute Gasteiger partial charge is 0.254 e. The number of pyridine rings is 1. The van der Waals surface area contributed by atoms with Gasteiger partial charge >= 0.3 is 0 Å². The van der Waals surface area contributed by atoms with Crippen molar-refractivity contribution < 1.29 is 4.74 Å². The lowest BCUT2D eigenvalue weighted by Crippen LogP contribution is -2.25. The largest absolute Gasteiger partial charge is 0.380 e. The zero-order chi connectivity index (χ0) is 22.7. The van der Waals surface area contributed by atoms with Crippen molar-refractivity contribution in [3.05, 3.63) is 117 Å². The molecule has 0 aliphatic heterocycles. The normalized spacial score (nSPS) is 11.1. The van der Waals surface area contributed by atoms with Crippen molar-refractivity contribution in [2.45, 2.75) is 40.3 Å². The van der Waals surface area contributed by atoms with Gasteiger partial charge in [0.25, 0.3) is 5.56 Å². The molecule has 2 heterocycles. The predicted octanol–water partition coefficient (Wildman–Crippen LogP) is 4.74. The monoisotopic (exact) mass is 427 g/mol. The van der Waals surface area contributed by atoms with Crippen LogP contribution in [0.5, 0.6) is 0 Å². The lowest BCUT2D eigenvalue weighted by Gasteiger charge is -2.13. The highest BCUT2D eigenvalue weighted by Crippen LogP contribution is 2.18. The van der Waals surface area contributed by atoms with Gasteiger partial charge in [0, 0.05) is 37.2 Å². The van der Waals surface area contributed by atoms with Gasteiger partial charge in [-0.15, -0.1) is 0 Å². The average Bonchev–Trinajstić information content (AvgIpc) is 3.19.